The Balaban J connectivity index is 1.89. The third-order valence-corrected chi connectivity index (χ3v) is 5.97. The van der Waals surface area contributed by atoms with Gasteiger partial charge in [-0.05, 0) is 29.8 Å². The maximum atomic E-state index is 12.0. The minimum Gasteiger partial charge on any atom is -0.481 e. The topological polar surface area (TPSA) is 109 Å². The Labute approximate surface area is 207 Å². The number of hydrogen-bond donors (Lipinski definition) is 1. The second kappa shape index (κ2) is 12.4. The van der Waals surface area contributed by atoms with Crippen LogP contribution in [0.2, 0.25) is 0 Å². The number of aromatic nitrogens is 2. The summed E-state index contributed by atoms with van der Waals surface area (Å²) in [5, 5.41) is 2.64. The molecule has 1 N–H and O–H groups in total. The molecule has 1 heterocycles. The fourth-order valence-corrected chi connectivity index (χ4v) is 4.06. The number of benzene rings is 2. The highest BCUT2D eigenvalue weighted by Gasteiger charge is 2.21. The smallest absolute Gasteiger partial charge is 0.354 e. The summed E-state index contributed by atoms with van der Waals surface area (Å²) in [6.45, 7) is 0. The molecule has 1 aromatic heterocycles. The summed E-state index contributed by atoms with van der Waals surface area (Å²) in [6.07, 6.45) is 1.04. The molecule has 0 spiro atoms. The zero-order chi connectivity index (χ0) is 25.2. The summed E-state index contributed by atoms with van der Waals surface area (Å²) >= 11 is 1.54. The highest BCUT2D eigenvalue weighted by atomic mass is 32.2. The maximum Gasteiger partial charge on any atom is 0.354 e. The van der Waals surface area contributed by atoms with Gasteiger partial charge in [-0.1, -0.05) is 30.3 Å². The van der Waals surface area contributed by atoms with E-state index in [9.17, 15) is 9.59 Å². The standard InChI is InChI=1S/C25H25N3O6S/c1-31-20-15-21(32-2)28-24(27-20)23(16-8-6-5-7-9-16)35-18-12-10-17(11-13-18)26-19(25(30)34-4)14-22(29)33-3/h5-15,23,26H,1-4H3/b19-14+. The Bertz CT molecular complexity index is 1160. The lowest BCUT2D eigenvalue weighted by molar-refractivity contribution is -0.138. The number of esters is 2. The molecule has 182 valence electrons. The molecule has 0 radical (unpaired) electrons. The molecule has 3 rings (SSSR count). The number of carbonyl (C=O) groups excluding carboxylic acids is 2. The van der Waals surface area contributed by atoms with Gasteiger partial charge in [0.1, 0.15) is 5.70 Å². The lowest BCUT2D eigenvalue weighted by Gasteiger charge is -2.17. The molecule has 3 aromatic rings. The highest BCUT2D eigenvalue weighted by Crippen LogP contribution is 2.40. The first-order valence-electron chi connectivity index (χ1n) is 10.4. The van der Waals surface area contributed by atoms with Gasteiger partial charge in [-0.2, -0.15) is 9.97 Å². The number of anilines is 1. The van der Waals surface area contributed by atoms with Crippen LogP contribution in [-0.4, -0.2) is 50.3 Å². The van der Waals surface area contributed by atoms with Crippen LogP contribution >= 0.6 is 11.8 Å². The van der Waals surface area contributed by atoms with Crippen LogP contribution in [0.1, 0.15) is 16.6 Å². The minimum atomic E-state index is -0.692. The Morgan fingerprint density at radius 2 is 1.51 bits per heavy atom. The third-order valence-electron chi connectivity index (χ3n) is 4.71. The van der Waals surface area contributed by atoms with Gasteiger partial charge in [-0.25, -0.2) is 9.59 Å². The van der Waals surface area contributed by atoms with Crippen LogP contribution in [0.4, 0.5) is 5.69 Å². The van der Waals surface area contributed by atoms with Crippen LogP contribution < -0.4 is 14.8 Å². The summed E-state index contributed by atoms with van der Waals surface area (Å²) in [6, 6.07) is 18.8. The van der Waals surface area contributed by atoms with Gasteiger partial charge in [0.15, 0.2) is 5.82 Å². The molecule has 0 aliphatic heterocycles. The van der Waals surface area contributed by atoms with E-state index in [4.69, 9.17) is 14.2 Å². The fourth-order valence-electron chi connectivity index (χ4n) is 2.99. The number of nitrogens with one attached hydrogen (secondary N) is 1. The van der Waals surface area contributed by atoms with Gasteiger partial charge in [0.2, 0.25) is 11.8 Å². The largest absolute Gasteiger partial charge is 0.481 e. The molecule has 9 nitrogen and oxygen atoms in total. The molecule has 0 fully saturated rings. The van der Waals surface area contributed by atoms with Gasteiger partial charge in [0.25, 0.3) is 0 Å². The van der Waals surface area contributed by atoms with Crippen molar-refractivity contribution in [1.82, 2.24) is 9.97 Å². The number of ether oxygens (including phenoxy) is 4. The summed E-state index contributed by atoms with van der Waals surface area (Å²) in [5.41, 5.74) is 1.55. The Hall–Kier alpha value is -4.05. The number of carbonyl (C=O) groups is 2. The van der Waals surface area contributed by atoms with Gasteiger partial charge in [-0.15, -0.1) is 11.8 Å². The molecule has 10 heteroatoms. The molecular weight excluding hydrogens is 470 g/mol. The van der Waals surface area contributed by atoms with Crippen molar-refractivity contribution < 1.29 is 28.5 Å². The maximum absolute atomic E-state index is 12.0. The first-order chi connectivity index (χ1) is 17.0. The van der Waals surface area contributed by atoms with E-state index >= 15 is 0 Å². The zero-order valence-electron chi connectivity index (χ0n) is 19.7. The molecule has 0 bridgehead atoms. The lowest BCUT2D eigenvalue weighted by Crippen LogP contribution is -2.15. The van der Waals surface area contributed by atoms with Crippen molar-refractivity contribution in [1.29, 1.82) is 0 Å². The average molecular weight is 496 g/mol. The van der Waals surface area contributed by atoms with Gasteiger partial charge in [0, 0.05) is 10.6 Å². The van der Waals surface area contributed by atoms with E-state index in [1.54, 1.807) is 44.2 Å². The van der Waals surface area contributed by atoms with E-state index in [0.717, 1.165) is 16.5 Å². The predicted octanol–water partition coefficient (Wildman–Crippen LogP) is 4.02. The lowest BCUT2D eigenvalue weighted by atomic mass is 10.1. The second-order valence-corrected chi connectivity index (χ2v) is 8.12. The van der Waals surface area contributed by atoms with Gasteiger partial charge in [-0.3, -0.25) is 0 Å². The van der Waals surface area contributed by atoms with Crippen molar-refractivity contribution in [3.63, 3.8) is 0 Å². The fraction of sp³-hybridized carbons (Fsp3) is 0.200. The monoisotopic (exact) mass is 495 g/mol. The predicted molar refractivity (Wildman–Crippen MR) is 131 cm³/mol. The molecular formula is C25H25N3O6S. The molecule has 0 saturated carbocycles. The first kappa shape index (κ1) is 25.6. The van der Waals surface area contributed by atoms with Crippen LogP contribution in [0.5, 0.6) is 11.8 Å². The minimum absolute atomic E-state index is 0.0428. The van der Waals surface area contributed by atoms with Gasteiger partial charge < -0.3 is 24.3 Å². The SMILES string of the molecule is COC(=O)/C=C(/Nc1ccc(SC(c2ccccc2)c2nc(OC)cc(OC)n2)cc1)C(=O)OC. The van der Waals surface area contributed by atoms with E-state index in [2.05, 4.69) is 20.0 Å². The molecule has 0 aliphatic carbocycles. The summed E-state index contributed by atoms with van der Waals surface area (Å²) in [7, 11) is 5.54. The summed E-state index contributed by atoms with van der Waals surface area (Å²) in [4.78, 5) is 33.6. The highest BCUT2D eigenvalue weighted by molar-refractivity contribution is 7.99. The van der Waals surface area contributed by atoms with E-state index < -0.39 is 11.9 Å². The first-order valence-corrected chi connectivity index (χ1v) is 11.3. The van der Waals surface area contributed by atoms with E-state index in [1.807, 2.05) is 42.5 Å². The molecule has 0 saturated heterocycles. The average Bonchev–Trinajstić information content (AvgIpc) is 2.91. The Morgan fingerprint density at radius 1 is 0.886 bits per heavy atom. The van der Waals surface area contributed by atoms with Crippen LogP contribution in [-0.2, 0) is 19.1 Å². The van der Waals surface area contributed by atoms with Crippen molar-refractivity contribution in [3.05, 3.63) is 83.8 Å². The van der Waals surface area contributed by atoms with Crippen molar-refractivity contribution in [2.75, 3.05) is 33.8 Å². The normalized spacial score (nSPS) is 11.8. The van der Waals surface area contributed by atoms with Crippen molar-refractivity contribution in [2.24, 2.45) is 0 Å². The number of thioether (sulfide) groups is 1. The number of hydrogen-bond acceptors (Lipinski definition) is 10. The van der Waals surface area contributed by atoms with Crippen molar-refractivity contribution >= 4 is 29.4 Å². The summed E-state index contributed by atoms with van der Waals surface area (Å²) < 4.78 is 20.0. The van der Waals surface area contributed by atoms with Gasteiger partial charge in [0.05, 0.1) is 45.8 Å². The van der Waals surface area contributed by atoms with Crippen molar-refractivity contribution in [2.45, 2.75) is 10.1 Å². The van der Waals surface area contributed by atoms with E-state index in [0.29, 0.717) is 23.3 Å². The van der Waals surface area contributed by atoms with E-state index in [-0.39, 0.29) is 10.9 Å². The quantitative estimate of drug-likeness (QED) is 0.252. The second-order valence-electron chi connectivity index (χ2n) is 6.94. The van der Waals surface area contributed by atoms with Crippen LogP contribution in [0, 0.1) is 0 Å². The van der Waals surface area contributed by atoms with Crippen LogP contribution in [0.3, 0.4) is 0 Å². The zero-order valence-corrected chi connectivity index (χ0v) is 20.5. The molecule has 1 unspecified atom stereocenters. The number of methoxy groups -OCH3 is 4. The van der Waals surface area contributed by atoms with E-state index in [1.165, 1.54) is 14.2 Å². The van der Waals surface area contributed by atoms with Crippen LogP contribution in [0.15, 0.2) is 77.3 Å². The molecule has 1 atom stereocenters. The molecule has 0 amide bonds. The Kier molecular flexibility index (Phi) is 9.08. The molecule has 35 heavy (non-hydrogen) atoms. The van der Waals surface area contributed by atoms with Crippen LogP contribution in [0.25, 0.3) is 0 Å². The number of rotatable bonds is 10. The summed E-state index contributed by atoms with van der Waals surface area (Å²) in [5.74, 6) is -0.0264. The number of nitrogens with zero attached hydrogens (tertiary/aromatic N) is 2. The van der Waals surface area contributed by atoms with Gasteiger partial charge >= 0.3 is 11.9 Å². The molecule has 0 aliphatic rings. The molecule has 2 aromatic carbocycles. The third kappa shape index (κ3) is 6.97. The van der Waals surface area contributed by atoms with Crippen molar-refractivity contribution in [3.8, 4) is 11.8 Å². The Morgan fingerprint density at radius 3 is 2.06 bits per heavy atom.